The molecule has 96 valence electrons. The number of hydrogen-bond acceptors (Lipinski definition) is 4. The molecule has 0 fully saturated rings. The van der Waals surface area contributed by atoms with E-state index in [0.717, 1.165) is 35.3 Å². The smallest absolute Gasteiger partial charge is 0.137 e. The maximum Gasteiger partial charge on any atom is 0.137 e. The molecule has 4 heteroatoms. The van der Waals surface area contributed by atoms with E-state index in [0.29, 0.717) is 0 Å². The number of hydrogen-bond donors (Lipinski definition) is 0. The van der Waals surface area contributed by atoms with E-state index < -0.39 is 0 Å². The number of aryl methyl sites for hydroxylation is 2. The topological polar surface area (TPSA) is 35.3 Å². The molecule has 0 spiro atoms. The molecule has 0 amide bonds. The molecule has 0 aliphatic carbocycles. The van der Waals surface area contributed by atoms with E-state index in [1.165, 1.54) is 5.56 Å². The zero-order chi connectivity index (χ0) is 12.8. The summed E-state index contributed by atoms with van der Waals surface area (Å²) in [5.41, 5.74) is 2.20. The first kappa shape index (κ1) is 13.0. The fraction of sp³-hybridized carbons (Fsp3) is 0.357. The lowest BCUT2D eigenvalue weighted by Crippen LogP contribution is -2.00. The number of rotatable bonds is 6. The Balaban J connectivity index is 1.68. The summed E-state index contributed by atoms with van der Waals surface area (Å²) in [7, 11) is 0. The Morgan fingerprint density at radius 3 is 2.67 bits per heavy atom. The summed E-state index contributed by atoms with van der Waals surface area (Å²) in [6.07, 6.45) is 0. The van der Waals surface area contributed by atoms with Crippen molar-refractivity contribution in [2.45, 2.75) is 19.6 Å². The monoisotopic (exact) mass is 263 g/mol. The normalized spacial score (nSPS) is 10.6. The first-order chi connectivity index (χ1) is 8.77. The van der Waals surface area contributed by atoms with Gasteiger partial charge in [0.15, 0.2) is 0 Å². The molecule has 1 aromatic heterocycles. The number of nitrogens with zero attached hydrogens (tertiary/aromatic N) is 1. The van der Waals surface area contributed by atoms with Gasteiger partial charge in [0.05, 0.1) is 12.3 Å². The van der Waals surface area contributed by atoms with E-state index >= 15 is 0 Å². The molecule has 0 aliphatic heterocycles. The standard InChI is InChI=1S/C14H17NO2S/c1-11-14(12(2)17-15-11)10-18-9-8-16-13-6-4-3-5-7-13/h3-7H,8-10H2,1-2H3. The summed E-state index contributed by atoms with van der Waals surface area (Å²) in [5, 5.41) is 3.94. The summed E-state index contributed by atoms with van der Waals surface area (Å²) in [6, 6.07) is 9.88. The largest absolute Gasteiger partial charge is 0.493 e. The lowest BCUT2D eigenvalue weighted by Gasteiger charge is -2.05. The quantitative estimate of drug-likeness (QED) is 0.746. The second-order valence-corrected chi connectivity index (χ2v) is 5.12. The minimum absolute atomic E-state index is 0.720. The molecule has 0 unspecified atom stereocenters. The Morgan fingerprint density at radius 2 is 2.00 bits per heavy atom. The molecule has 0 saturated heterocycles. The van der Waals surface area contributed by atoms with Crippen LogP contribution in [-0.2, 0) is 5.75 Å². The van der Waals surface area contributed by atoms with Crippen LogP contribution < -0.4 is 4.74 Å². The van der Waals surface area contributed by atoms with Crippen molar-refractivity contribution in [2.75, 3.05) is 12.4 Å². The van der Waals surface area contributed by atoms with E-state index in [-0.39, 0.29) is 0 Å². The summed E-state index contributed by atoms with van der Waals surface area (Å²) >= 11 is 1.83. The van der Waals surface area contributed by atoms with Gasteiger partial charge in [-0.15, -0.1) is 0 Å². The maximum absolute atomic E-state index is 5.63. The predicted octanol–water partition coefficient (Wildman–Crippen LogP) is 3.60. The second kappa shape index (κ2) is 6.50. The third-order valence-electron chi connectivity index (χ3n) is 2.67. The van der Waals surface area contributed by atoms with Gasteiger partial charge in [-0.2, -0.15) is 11.8 Å². The molecule has 0 bridgehead atoms. The van der Waals surface area contributed by atoms with Gasteiger partial charge < -0.3 is 9.26 Å². The van der Waals surface area contributed by atoms with Gasteiger partial charge in [-0.25, -0.2) is 0 Å². The van der Waals surface area contributed by atoms with Crippen LogP contribution in [0.1, 0.15) is 17.0 Å². The van der Waals surface area contributed by atoms with Gasteiger partial charge in [-0.3, -0.25) is 0 Å². The Bertz CT molecular complexity index is 462. The lowest BCUT2D eigenvalue weighted by molar-refractivity contribution is 0.344. The van der Waals surface area contributed by atoms with Crippen LogP contribution in [0.2, 0.25) is 0 Å². The zero-order valence-corrected chi connectivity index (χ0v) is 11.5. The van der Waals surface area contributed by atoms with Crippen molar-refractivity contribution in [3.05, 3.63) is 47.3 Å². The highest BCUT2D eigenvalue weighted by atomic mass is 32.2. The average Bonchev–Trinajstić information content (AvgIpc) is 2.71. The number of ether oxygens (including phenoxy) is 1. The van der Waals surface area contributed by atoms with Crippen molar-refractivity contribution in [1.29, 1.82) is 0 Å². The highest BCUT2D eigenvalue weighted by molar-refractivity contribution is 7.98. The van der Waals surface area contributed by atoms with Crippen molar-refractivity contribution in [2.24, 2.45) is 0 Å². The van der Waals surface area contributed by atoms with Gasteiger partial charge in [0.2, 0.25) is 0 Å². The summed E-state index contributed by atoms with van der Waals surface area (Å²) < 4.78 is 10.8. The van der Waals surface area contributed by atoms with Gasteiger partial charge in [0, 0.05) is 17.1 Å². The van der Waals surface area contributed by atoms with Crippen molar-refractivity contribution in [3.63, 3.8) is 0 Å². The molecule has 3 nitrogen and oxygen atoms in total. The Hall–Kier alpha value is -1.42. The molecule has 0 radical (unpaired) electrons. The minimum Gasteiger partial charge on any atom is -0.493 e. The van der Waals surface area contributed by atoms with Crippen LogP contribution in [0.25, 0.3) is 0 Å². The van der Waals surface area contributed by atoms with Gasteiger partial charge >= 0.3 is 0 Å². The summed E-state index contributed by atoms with van der Waals surface area (Å²) in [4.78, 5) is 0. The summed E-state index contributed by atoms with van der Waals surface area (Å²) in [5.74, 6) is 3.73. The van der Waals surface area contributed by atoms with Crippen molar-refractivity contribution in [3.8, 4) is 5.75 Å². The van der Waals surface area contributed by atoms with Gasteiger partial charge in [0.25, 0.3) is 0 Å². The molecule has 18 heavy (non-hydrogen) atoms. The second-order valence-electron chi connectivity index (χ2n) is 4.02. The highest BCUT2D eigenvalue weighted by Gasteiger charge is 2.08. The Morgan fingerprint density at radius 1 is 1.22 bits per heavy atom. The third-order valence-corrected chi connectivity index (χ3v) is 3.62. The molecule has 0 atom stereocenters. The van der Waals surface area contributed by atoms with Crippen LogP contribution in [0, 0.1) is 13.8 Å². The van der Waals surface area contributed by atoms with E-state index in [1.807, 2.05) is 55.9 Å². The number of aromatic nitrogens is 1. The van der Waals surface area contributed by atoms with Crippen molar-refractivity contribution in [1.82, 2.24) is 5.16 Å². The van der Waals surface area contributed by atoms with E-state index in [9.17, 15) is 0 Å². The molecular weight excluding hydrogens is 246 g/mol. The van der Waals surface area contributed by atoms with Gasteiger partial charge in [-0.05, 0) is 26.0 Å². The van der Waals surface area contributed by atoms with E-state index in [2.05, 4.69) is 5.16 Å². The first-order valence-corrected chi connectivity index (χ1v) is 7.10. The Kier molecular flexibility index (Phi) is 4.70. The molecule has 1 aromatic carbocycles. The lowest BCUT2D eigenvalue weighted by atomic mass is 10.2. The number of para-hydroxylation sites is 1. The Labute approximate surface area is 112 Å². The predicted molar refractivity (Wildman–Crippen MR) is 74.1 cm³/mol. The van der Waals surface area contributed by atoms with Gasteiger partial charge in [0.1, 0.15) is 11.5 Å². The fourth-order valence-electron chi connectivity index (χ4n) is 1.62. The zero-order valence-electron chi connectivity index (χ0n) is 10.7. The number of thioether (sulfide) groups is 1. The SMILES string of the molecule is Cc1noc(C)c1CSCCOc1ccccc1. The van der Waals surface area contributed by atoms with Crippen LogP contribution >= 0.6 is 11.8 Å². The average molecular weight is 263 g/mol. The van der Waals surface area contributed by atoms with Crippen LogP contribution in [0.15, 0.2) is 34.9 Å². The first-order valence-electron chi connectivity index (χ1n) is 5.94. The molecule has 0 saturated carbocycles. The van der Waals surface area contributed by atoms with Crippen LogP contribution in [0.4, 0.5) is 0 Å². The molecule has 2 aromatic rings. The van der Waals surface area contributed by atoms with E-state index in [1.54, 1.807) is 0 Å². The van der Waals surface area contributed by atoms with Crippen molar-refractivity contribution >= 4 is 11.8 Å². The van der Waals surface area contributed by atoms with Crippen LogP contribution in [0.5, 0.6) is 5.75 Å². The number of benzene rings is 1. The molecular formula is C14H17NO2S. The molecule has 1 heterocycles. The highest BCUT2D eigenvalue weighted by Crippen LogP contribution is 2.19. The molecule has 2 rings (SSSR count). The van der Waals surface area contributed by atoms with Crippen LogP contribution in [-0.4, -0.2) is 17.5 Å². The minimum atomic E-state index is 0.720. The maximum atomic E-state index is 5.63. The summed E-state index contributed by atoms with van der Waals surface area (Å²) in [6.45, 7) is 4.65. The van der Waals surface area contributed by atoms with Gasteiger partial charge in [-0.1, -0.05) is 23.4 Å². The van der Waals surface area contributed by atoms with Crippen LogP contribution in [0.3, 0.4) is 0 Å². The third kappa shape index (κ3) is 3.53. The van der Waals surface area contributed by atoms with Crippen molar-refractivity contribution < 1.29 is 9.26 Å². The molecule has 0 N–H and O–H groups in total. The van der Waals surface area contributed by atoms with E-state index in [4.69, 9.17) is 9.26 Å². The fourth-order valence-corrected chi connectivity index (χ4v) is 2.58. The molecule has 0 aliphatic rings.